The average molecular weight is 307 g/mol. The third kappa shape index (κ3) is 2.48. The summed E-state index contributed by atoms with van der Waals surface area (Å²) in [5.74, 6) is 1.17. The number of hydrogen-bond acceptors (Lipinski definition) is 4. The number of rotatable bonds is 2. The summed E-state index contributed by atoms with van der Waals surface area (Å²) < 4.78 is 2.49. The largest absolute Gasteiger partial charge is 0.368 e. The van der Waals surface area contributed by atoms with Gasteiger partial charge in [0.2, 0.25) is 0 Å². The van der Waals surface area contributed by atoms with E-state index in [1.165, 1.54) is 36.5 Å². The van der Waals surface area contributed by atoms with Crippen LogP contribution in [0, 0.1) is 18.3 Å². The van der Waals surface area contributed by atoms with Crippen molar-refractivity contribution in [2.45, 2.75) is 45.1 Å². The van der Waals surface area contributed by atoms with Gasteiger partial charge in [-0.1, -0.05) is 0 Å². The number of hydrogen-bond donors (Lipinski definition) is 0. The van der Waals surface area contributed by atoms with Crippen LogP contribution in [-0.2, 0) is 12.8 Å². The van der Waals surface area contributed by atoms with Crippen molar-refractivity contribution in [1.29, 1.82) is 5.26 Å². The summed E-state index contributed by atoms with van der Waals surface area (Å²) >= 11 is 0. The fraction of sp³-hybridized carbons (Fsp3) is 0.500. The number of anilines is 1. The molecule has 0 saturated carbocycles. The Labute approximate surface area is 136 Å². The normalized spacial score (nSPS) is 20.3. The van der Waals surface area contributed by atoms with Gasteiger partial charge in [-0.25, -0.2) is 9.97 Å². The Balaban J connectivity index is 1.56. The molecule has 0 spiro atoms. The minimum absolute atomic E-state index is 0.476. The molecule has 23 heavy (non-hydrogen) atoms. The molecule has 2 aliphatic rings. The smallest absolute Gasteiger partial charge is 0.140 e. The zero-order chi connectivity index (χ0) is 15.8. The highest BCUT2D eigenvalue weighted by molar-refractivity contribution is 5.47. The summed E-state index contributed by atoms with van der Waals surface area (Å²) in [6, 6.07) is 6.38. The second-order valence-electron chi connectivity index (χ2n) is 6.53. The number of fused-ring (bicyclic) bond motifs is 1. The van der Waals surface area contributed by atoms with Crippen molar-refractivity contribution >= 4 is 5.69 Å². The van der Waals surface area contributed by atoms with Crippen LogP contribution < -0.4 is 4.90 Å². The fourth-order valence-electron chi connectivity index (χ4n) is 4.01. The van der Waals surface area contributed by atoms with Crippen LogP contribution in [0.5, 0.6) is 0 Å². The van der Waals surface area contributed by atoms with E-state index < -0.39 is 0 Å². The van der Waals surface area contributed by atoms with Crippen LogP contribution in [0.25, 0.3) is 0 Å². The van der Waals surface area contributed by atoms with Crippen LogP contribution in [0.4, 0.5) is 5.69 Å². The van der Waals surface area contributed by atoms with Crippen molar-refractivity contribution in [2.75, 3.05) is 18.0 Å². The van der Waals surface area contributed by atoms with Gasteiger partial charge in [0.05, 0.1) is 23.6 Å². The molecule has 1 aliphatic carbocycles. The van der Waals surface area contributed by atoms with Crippen LogP contribution >= 0.6 is 0 Å². The van der Waals surface area contributed by atoms with Crippen LogP contribution in [-0.4, -0.2) is 27.6 Å². The Kier molecular flexibility index (Phi) is 3.53. The molecule has 5 nitrogen and oxygen atoms in total. The van der Waals surface area contributed by atoms with E-state index in [2.05, 4.69) is 27.4 Å². The third-order valence-corrected chi connectivity index (χ3v) is 5.10. The van der Waals surface area contributed by atoms with Gasteiger partial charge in [0.15, 0.2) is 0 Å². The molecule has 2 aromatic heterocycles. The van der Waals surface area contributed by atoms with Crippen LogP contribution in [0.1, 0.15) is 48.2 Å². The van der Waals surface area contributed by atoms with E-state index in [0.29, 0.717) is 11.7 Å². The Hall–Kier alpha value is -2.35. The quantitative estimate of drug-likeness (QED) is 0.856. The molecule has 0 N–H and O–H groups in total. The van der Waals surface area contributed by atoms with Crippen LogP contribution in [0.3, 0.4) is 0 Å². The molecular weight excluding hydrogens is 286 g/mol. The number of nitriles is 1. The minimum atomic E-state index is 0.476. The summed E-state index contributed by atoms with van der Waals surface area (Å²) in [4.78, 5) is 11.4. The van der Waals surface area contributed by atoms with E-state index in [1.807, 2.05) is 12.3 Å². The highest BCUT2D eigenvalue weighted by Crippen LogP contribution is 2.32. The standard InChI is InChI=1S/C18H21N5/c1-13-21-17-4-2-3-5-18(17)23(13)16-8-9-22(12-16)15-7-6-14(10-19)20-11-15/h6-7,11,16H,2-5,8-9,12H2,1H3/t16-/m1/s1. The number of nitrogens with zero attached hydrogens (tertiary/aromatic N) is 5. The number of aryl methyl sites for hydroxylation is 2. The van der Waals surface area contributed by atoms with Gasteiger partial charge in [-0.15, -0.1) is 0 Å². The van der Waals surface area contributed by atoms with E-state index in [1.54, 1.807) is 6.07 Å². The molecular formula is C18H21N5. The maximum Gasteiger partial charge on any atom is 0.140 e. The molecule has 1 aliphatic heterocycles. The number of pyridine rings is 1. The molecule has 3 heterocycles. The van der Waals surface area contributed by atoms with Crippen molar-refractivity contribution in [3.05, 3.63) is 41.2 Å². The minimum Gasteiger partial charge on any atom is -0.368 e. The summed E-state index contributed by atoms with van der Waals surface area (Å²) in [6.07, 6.45) is 7.83. The predicted octanol–water partition coefficient (Wildman–Crippen LogP) is 2.79. The molecule has 0 amide bonds. The number of aromatic nitrogens is 3. The first-order valence-electron chi connectivity index (χ1n) is 8.44. The molecule has 5 heteroatoms. The molecule has 0 unspecified atom stereocenters. The molecule has 2 aromatic rings. The highest BCUT2D eigenvalue weighted by Gasteiger charge is 2.29. The van der Waals surface area contributed by atoms with Gasteiger partial charge in [-0.2, -0.15) is 5.26 Å². The maximum atomic E-state index is 8.87. The summed E-state index contributed by atoms with van der Waals surface area (Å²) in [7, 11) is 0. The van der Waals surface area contributed by atoms with Gasteiger partial charge in [-0.05, 0) is 51.2 Å². The molecule has 0 bridgehead atoms. The van der Waals surface area contributed by atoms with E-state index in [4.69, 9.17) is 10.2 Å². The van der Waals surface area contributed by atoms with Crippen molar-refractivity contribution in [1.82, 2.24) is 14.5 Å². The Bertz CT molecular complexity index is 753. The summed E-state index contributed by atoms with van der Waals surface area (Å²) in [5.41, 5.74) is 4.38. The first-order chi connectivity index (χ1) is 11.3. The topological polar surface area (TPSA) is 57.7 Å². The molecule has 0 radical (unpaired) electrons. The second kappa shape index (κ2) is 5.69. The van der Waals surface area contributed by atoms with E-state index >= 15 is 0 Å². The summed E-state index contributed by atoms with van der Waals surface area (Å²) in [6.45, 7) is 4.17. The number of imidazole rings is 1. The van der Waals surface area contributed by atoms with Crippen molar-refractivity contribution in [3.63, 3.8) is 0 Å². The lowest BCUT2D eigenvalue weighted by atomic mass is 10.0. The van der Waals surface area contributed by atoms with Gasteiger partial charge in [0, 0.05) is 18.8 Å². The highest BCUT2D eigenvalue weighted by atomic mass is 15.2. The fourth-order valence-corrected chi connectivity index (χ4v) is 4.01. The lowest BCUT2D eigenvalue weighted by molar-refractivity contribution is 0.505. The SMILES string of the molecule is Cc1nc2c(n1[C@@H]1CCN(c3ccc(C#N)nc3)C1)CCCC2. The van der Waals surface area contributed by atoms with E-state index in [-0.39, 0.29) is 0 Å². The second-order valence-corrected chi connectivity index (χ2v) is 6.53. The first kappa shape index (κ1) is 14.3. The van der Waals surface area contributed by atoms with Crippen LogP contribution in [0.2, 0.25) is 0 Å². The Morgan fingerprint density at radius 2 is 2.13 bits per heavy atom. The van der Waals surface area contributed by atoms with Gasteiger partial charge in [0.25, 0.3) is 0 Å². The molecule has 0 aromatic carbocycles. The van der Waals surface area contributed by atoms with Gasteiger partial charge in [-0.3, -0.25) is 0 Å². The average Bonchev–Trinajstić information content (AvgIpc) is 3.18. The lowest BCUT2D eigenvalue weighted by Crippen LogP contribution is -2.22. The van der Waals surface area contributed by atoms with Gasteiger partial charge < -0.3 is 9.47 Å². The van der Waals surface area contributed by atoms with Crippen molar-refractivity contribution in [2.24, 2.45) is 0 Å². The first-order valence-corrected chi connectivity index (χ1v) is 8.44. The van der Waals surface area contributed by atoms with Crippen molar-refractivity contribution in [3.8, 4) is 6.07 Å². The van der Waals surface area contributed by atoms with E-state index in [9.17, 15) is 0 Å². The van der Waals surface area contributed by atoms with Crippen LogP contribution in [0.15, 0.2) is 18.3 Å². The molecule has 118 valence electrons. The molecule has 1 atom stereocenters. The van der Waals surface area contributed by atoms with Crippen molar-refractivity contribution < 1.29 is 0 Å². The van der Waals surface area contributed by atoms with Gasteiger partial charge >= 0.3 is 0 Å². The van der Waals surface area contributed by atoms with Gasteiger partial charge in [0.1, 0.15) is 17.6 Å². The molecule has 4 rings (SSSR count). The zero-order valence-corrected chi connectivity index (χ0v) is 13.5. The molecule has 1 saturated heterocycles. The zero-order valence-electron chi connectivity index (χ0n) is 13.5. The Morgan fingerprint density at radius 1 is 1.26 bits per heavy atom. The molecule has 1 fully saturated rings. The third-order valence-electron chi connectivity index (χ3n) is 5.10. The maximum absolute atomic E-state index is 8.87. The predicted molar refractivity (Wildman–Crippen MR) is 88.4 cm³/mol. The van der Waals surface area contributed by atoms with E-state index in [0.717, 1.165) is 31.6 Å². The summed E-state index contributed by atoms with van der Waals surface area (Å²) in [5, 5.41) is 8.87. The lowest BCUT2D eigenvalue weighted by Gasteiger charge is -2.22. The monoisotopic (exact) mass is 307 g/mol. The Morgan fingerprint density at radius 3 is 2.91 bits per heavy atom.